The summed E-state index contributed by atoms with van der Waals surface area (Å²) in [5, 5.41) is 8.74. The van der Waals surface area contributed by atoms with E-state index in [0.29, 0.717) is 25.3 Å². The highest BCUT2D eigenvalue weighted by atomic mass is 32.2. The van der Waals surface area contributed by atoms with Crippen LogP contribution < -0.4 is 0 Å². The van der Waals surface area contributed by atoms with Gasteiger partial charge in [-0.1, -0.05) is 0 Å². The van der Waals surface area contributed by atoms with E-state index in [4.69, 9.17) is 10.00 Å². The van der Waals surface area contributed by atoms with Crippen LogP contribution in [0.15, 0.2) is 29.2 Å². The molecule has 1 heterocycles. The lowest BCUT2D eigenvalue weighted by Gasteiger charge is -2.40. The van der Waals surface area contributed by atoms with E-state index in [1.807, 2.05) is 19.9 Å². The van der Waals surface area contributed by atoms with Gasteiger partial charge in [0.25, 0.3) is 0 Å². The van der Waals surface area contributed by atoms with Crippen LogP contribution in [0.4, 0.5) is 0 Å². The smallest absolute Gasteiger partial charge is 0.243 e. The fraction of sp³-hybridized carbons (Fsp3) is 0.462. The van der Waals surface area contributed by atoms with Crippen molar-refractivity contribution >= 4 is 10.0 Å². The predicted octanol–water partition coefficient (Wildman–Crippen LogP) is 1.36. The van der Waals surface area contributed by atoms with E-state index in [1.165, 1.54) is 28.6 Å². The van der Waals surface area contributed by atoms with Crippen molar-refractivity contribution in [2.45, 2.75) is 24.3 Å². The largest absolute Gasteiger partial charge is 0.378 e. The van der Waals surface area contributed by atoms with Gasteiger partial charge < -0.3 is 4.74 Å². The van der Waals surface area contributed by atoms with Gasteiger partial charge in [-0.2, -0.15) is 9.57 Å². The van der Waals surface area contributed by atoms with E-state index in [2.05, 4.69) is 0 Å². The maximum absolute atomic E-state index is 12.6. The van der Waals surface area contributed by atoms with Gasteiger partial charge in [0.05, 0.1) is 35.3 Å². The number of ether oxygens (including phenoxy) is 1. The minimum atomic E-state index is -3.55. The van der Waals surface area contributed by atoms with Crippen molar-refractivity contribution in [3.63, 3.8) is 0 Å². The van der Waals surface area contributed by atoms with E-state index in [9.17, 15) is 8.42 Å². The first-order valence-corrected chi connectivity index (χ1v) is 7.43. The molecule has 0 aliphatic carbocycles. The van der Waals surface area contributed by atoms with Gasteiger partial charge in [0.15, 0.2) is 0 Å². The maximum atomic E-state index is 12.6. The lowest BCUT2D eigenvalue weighted by Crippen LogP contribution is -2.55. The van der Waals surface area contributed by atoms with Crippen molar-refractivity contribution in [1.82, 2.24) is 4.31 Å². The Hall–Kier alpha value is -1.42. The summed E-state index contributed by atoms with van der Waals surface area (Å²) in [6.07, 6.45) is 0. The van der Waals surface area contributed by atoms with E-state index >= 15 is 0 Å². The Balaban J connectivity index is 2.38. The third kappa shape index (κ3) is 2.63. The fourth-order valence-corrected chi connectivity index (χ4v) is 3.87. The van der Waals surface area contributed by atoms with Gasteiger partial charge in [0.2, 0.25) is 10.0 Å². The second kappa shape index (κ2) is 4.93. The molecule has 0 amide bonds. The molecule has 102 valence electrons. The Bertz CT molecular complexity index is 600. The zero-order valence-corrected chi connectivity index (χ0v) is 11.8. The van der Waals surface area contributed by atoms with Gasteiger partial charge in [0.1, 0.15) is 0 Å². The summed E-state index contributed by atoms with van der Waals surface area (Å²) >= 11 is 0. The number of sulfonamides is 1. The third-order valence-electron chi connectivity index (χ3n) is 3.14. The Morgan fingerprint density at radius 1 is 1.32 bits per heavy atom. The molecule has 5 nitrogen and oxygen atoms in total. The molecule has 1 saturated heterocycles. The molecular formula is C13H16N2O3S. The molecular weight excluding hydrogens is 264 g/mol. The van der Waals surface area contributed by atoms with E-state index in [-0.39, 0.29) is 4.90 Å². The zero-order valence-electron chi connectivity index (χ0n) is 11.0. The van der Waals surface area contributed by atoms with Gasteiger partial charge in [0, 0.05) is 6.54 Å². The van der Waals surface area contributed by atoms with Crippen molar-refractivity contribution in [2.24, 2.45) is 0 Å². The summed E-state index contributed by atoms with van der Waals surface area (Å²) in [7, 11) is -3.55. The van der Waals surface area contributed by atoms with Crippen LogP contribution in [0.3, 0.4) is 0 Å². The molecule has 6 heteroatoms. The van der Waals surface area contributed by atoms with Crippen molar-refractivity contribution in [3.8, 4) is 6.07 Å². The molecule has 1 fully saturated rings. The molecule has 0 N–H and O–H groups in total. The zero-order chi connectivity index (χ0) is 14.1. The molecule has 0 bridgehead atoms. The lowest BCUT2D eigenvalue weighted by atomic mass is 10.1. The van der Waals surface area contributed by atoms with Crippen LogP contribution in [0.5, 0.6) is 0 Å². The highest BCUT2D eigenvalue weighted by Crippen LogP contribution is 2.27. The van der Waals surface area contributed by atoms with Gasteiger partial charge >= 0.3 is 0 Å². The average Bonchev–Trinajstić information content (AvgIpc) is 2.38. The Morgan fingerprint density at radius 2 is 1.95 bits per heavy atom. The van der Waals surface area contributed by atoms with Crippen LogP contribution >= 0.6 is 0 Å². The fourth-order valence-electron chi connectivity index (χ4n) is 2.12. The second-order valence-electron chi connectivity index (χ2n) is 5.08. The quantitative estimate of drug-likeness (QED) is 0.820. The maximum Gasteiger partial charge on any atom is 0.243 e. The van der Waals surface area contributed by atoms with Crippen LogP contribution in [0, 0.1) is 11.3 Å². The van der Waals surface area contributed by atoms with Crippen molar-refractivity contribution in [2.75, 3.05) is 19.8 Å². The average molecular weight is 280 g/mol. The summed E-state index contributed by atoms with van der Waals surface area (Å²) < 4.78 is 32.0. The van der Waals surface area contributed by atoms with E-state index in [0.717, 1.165) is 0 Å². The number of morpholine rings is 1. The normalized spacial score (nSPS) is 19.8. The topological polar surface area (TPSA) is 70.4 Å². The van der Waals surface area contributed by atoms with Crippen LogP contribution in [0.25, 0.3) is 0 Å². The van der Waals surface area contributed by atoms with Crippen LogP contribution in [-0.4, -0.2) is 38.0 Å². The Morgan fingerprint density at radius 3 is 2.47 bits per heavy atom. The number of nitrogens with zero attached hydrogens (tertiary/aromatic N) is 2. The lowest BCUT2D eigenvalue weighted by molar-refractivity contribution is -0.00770. The molecule has 1 aromatic rings. The molecule has 0 unspecified atom stereocenters. The molecule has 0 spiro atoms. The second-order valence-corrected chi connectivity index (χ2v) is 6.94. The van der Waals surface area contributed by atoms with Crippen molar-refractivity contribution in [3.05, 3.63) is 29.8 Å². The van der Waals surface area contributed by atoms with E-state index in [1.54, 1.807) is 0 Å². The standard InChI is InChI=1S/C13H16N2O3S/c1-13(2)10-18-8-7-15(13)19(16,17)12-5-3-11(9-14)4-6-12/h3-6H,7-8,10H2,1-2H3. The highest BCUT2D eigenvalue weighted by Gasteiger charge is 2.39. The SMILES string of the molecule is CC1(C)COCCN1S(=O)(=O)c1ccc(C#N)cc1. The first-order valence-electron chi connectivity index (χ1n) is 5.99. The van der Waals surface area contributed by atoms with Crippen LogP contribution in [0.1, 0.15) is 19.4 Å². The van der Waals surface area contributed by atoms with Gasteiger partial charge in [-0.25, -0.2) is 8.42 Å². The van der Waals surface area contributed by atoms with Crippen LogP contribution in [-0.2, 0) is 14.8 Å². The Labute approximate surface area is 113 Å². The first kappa shape index (κ1) is 14.0. The number of rotatable bonds is 2. The summed E-state index contributed by atoms with van der Waals surface area (Å²) in [5.41, 5.74) is -0.120. The monoisotopic (exact) mass is 280 g/mol. The van der Waals surface area contributed by atoms with Gasteiger partial charge in [-0.05, 0) is 38.1 Å². The minimum absolute atomic E-state index is 0.210. The number of benzene rings is 1. The molecule has 19 heavy (non-hydrogen) atoms. The summed E-state index contributed by atoms with van der Waals surface area (Å²) in [6, 6.07) is 7.94. The minimum Gasteiger partial charge on any atom is -0.378 e. The summed E-state index contributed by atoms with van der Waals surface area (Å²) in [5.74, 6) is 0. The third-order valence-corrected chi connectivity index (χ3v) is 5.27. The Kier molecular flexibility index (Phi) is 3.63. The highest BCUT2D eigenvalue weighted by molar-refractivity contribution is 7.89. The summed E-state index contributed by atoms with van der Waals surface area (Å²) in [4.78, 5) is 0.210. The number of hydrogen-bond donors (Lipinski definition) is 0. The van der Waals surface area contributed by atoms with Crippen LogP contribution in [0.2, 0.25) is 0 Å². The van der Waals surface area contributed by atoms with Crippen molar-refractivity contribution < 1.29 is 13.2 Å². The van der Waals surface area contributed by atoms with Gasteiger partial charge in [-0.15, -0.1) is 0 Å². The molecule has 0 radical (unpaired) electrons. The molecule has 0 atom stereocenters. The number of nitriles is 1. The molecule has 2 rings (SSSR count). The number of hydrogen-bond acceptors (Lipinski definition) is 4. The molecule has 1 aliphatic heterocycles. The molecule has 0 saturated carbocycles. The molecule has 1 aliphatic rings. The van der Waals surface area contributed by atoms with Gasteiger partial charge in [-0.3, -0.25) is 0 Å². The van der Waals surface area contributed by atoms with E-state index < -0.39 is 15.6 Å². The van der Waals surface area contributed by atoms with Crippen molar-refractivity contribution in [1.29, 1.82) is 5.26 Å². The predicted molar refractivity (Wildman–Crippen MR) is 69.9 cm³/mol. The molecule has 1 aromatic carbocycles. The summed E-state index contributed by atoms with van der Waals surface area (Å²) in [6.45, 7) is 4.80. The first-order chi connectivity index (χ1) is 8.88. The molecule has 0 aromatic heterocycles.